The number of amides is 3. The van der Waals surface area contributed by atoms with E-state index in [-0.39, 0.29) is 11.6 Å². The summed E-state index contributed by atoms with van der Waals surface area (Å²) in [6.45, 7) is 2.41. The number of thiazole rings is 1. The lowest BCUT2D eigenvalue weighted by Gasteiger charge is -2.17. The first-order valence-corrected chi connectivity index (χ1v) is 19.9. The van der Waals surface area contributed by atoms with Crippen molar-refractivity contribution >= 4 is 57.7 Å². The molecule has 3 amide bonds. The molecular formula is C47H38N4O4S2. The van der Waals surface area contributed by atoms with Gasteiger partial charge in [-0.2, -0.15) is 0 Å². The number of benzene rings is 6. The van der Waals surface area contributed by atoms with Crippen LogP contribution in [0, 0.1) is 6.92 Å². The Kier molecular flexibility index (Phi) is 12.7. The van der Waals surface area contributed by atoms with E-state index in [1.165, 1.54) is 23.1 Å². The lowest BCUT2D eigenvalue weighted by molar-refractivity contribution is -0.116. The van der Waals surface area contributed by atoms with Gasteiger partial charge in [0.25, 0.3) is 11.8 Å². The van der Waals surface area contributed by atoms with E-state index in [0.29, 0.717) is 34.3 Å². The molecule has 8 nitrogen and oxygen atoms in total. The summed E-state index contributed by atoms with van der Waals surface area (Å²) in [6.07, 6.45) is 1.62. The number of aryl methyl sites for hydroxylation is 1. The summed E-state index contributed by atoms with van der Waals surface area (Å²) in [6, 6.07) is 52.6. The van der Waals surface area contributed by atoms with Gasteiger partial charge in [0.15, 0.2) is 5.13 Å². The third-order valence-corrected chi connectivity index (χ3v) is 10.9. The van der Waals surface area contributed by atoms with Gasteiger partial charge in [-0.3, -0.25) is 14.4 Å². The lowest BCUT2D eigenvalue weighted by atomic mass is 10.1. The molecular weight excluding hydrogens is 749 g/mol. The minimum atomic E-state index is -0.623. The topological polar surface area (TPSA) is 109 Å². The maximum absolute atomic E-state index is 14.0. The SMILES string of the molecule is Cc1sc(NC(=O)C(Sc2cccc(NC(=O)/C(=C/c3ccc(OCc4ccccc4)cc3)NC(=O)c3ccccc3)c2)c2ccccc2)nc1-c1ccccc1. The van der Waals surface area contributed by atoms with Crippen molar-refractivity contribution in [2.45, 2.75) is 23.7 Å². The highest BCUT2D eigenvalue weighted by molar-refractivity contribution is 8.00. The highest BCUT2D eigenvalue weighted by Gasteiger charge is 2.24. The molecule has 1 heterocycles. The average Bonchev–Trinajstić information content (AvgIpc) is 3.62. The number of hydrogen-bond donors (Lipinski definition) is 3. The molecule has 0 fully saturated rings. The molecule has 7 aromatic rings. The van der Waals surface area contributed by atoms with Gasteiger partial charge in [0.1, 0.15) is 23.3 Å². The molecule has 0 aliphatic heterocycles. The zero-order valence-corrected chi connectivity index (χ0v) is 32.6. The van der Waals surface area contributed by atoms with Crippen molar-refractivity contribution in [3.8, 4) is 17.0 Å². The van der Waals surface area contributed by atoms with E-state index in [1.807, 2.05) is 146 Å². The van der Waals surface area contributed by atoms with Gasteiger partial charge in [-0.15, -0.1) is 23.1 Å². The quantitative estimate of drug-likeness (QED) is 0.0748. The Bertz CT molecular complexity index is 2470. The van der Waals surface area contributed by atoms with Gasteiger partial charge >= 0.3 is 0 Å². The van der Waals surface area contributed by atoms with E-state index >= 15 is 0 Å². The Morgan fingerprint density at radius 3 is 2.09 bits per heavy atom. The van der Waals surface area contributed by atoms with Crippen molar-refractivity contribution in [1.29, 1.82) is 0 Å². The van der Waals surface area contributed by atoms with Crippen LogP contribution >= 0.6 is 23.1 Å². The number of carbonyl (C=O) groups is 3. The second-order valence-corrected chi connectivity index (χ2v) is 15.3. The predicted molar refractivity (Wildman–Crippen MR) is 230 cm³/mol. The molecule has 282 valence electrons. The summed E-state index contributed by atoms with van der Waals surface area (Å²) in [5.41, 5.74) is 5.33. The molecule has 0 spiro atoms. The van der Waals surface area contributed by atoms with Gasteiger partial charge in [0, 0.05) is 26.6 Å². The van der Waals surface area contributed by atoms with Crippen molar-refractivity contribution in [3.63, 3.8) is 0 Å². The number of rotatable bonds is 14. The highest BCUT2D eigenvalue weighted by Crippen LogP contribution is 2.38. The van der Waals surface area contributed by atoms with Crippen LogP contribution in [0.4, 0.5) is 10.8 Å². The maximum Gasteiger partial charge on any atom is 0.272 e. The van der Waals surface area contributed by atoms with Crippen LogP contribution in [0.25, 0.3) is 17.3 Å². The van der Waals surface area contributed by atoms with Crippen molar-refractivity contribution in [2.24, 2.45) is 0 Å². The van der Waals surface area contributed by atoms with E-state index in [4.69, 9.17) is 9.72 Å². The molecule has 10 heteroatoms. The summed E-state index contributed by atoms with van der Waals surface area (Å²) < 4.78 is 5.94. The van der Waals surface area contributed by atoms with Crippen molar-refractivity contribution in [3.05, 3.63) is 203 Å². The first kappa shape index (κ1) is 38.5. The number of carbonyl (C=O) groups excluding carboxylic acids is 3. The van der Waals surface area contributed by atoms with Gasteiger partial charge in [0.2, 0.25) is 5.91 Å². The van der Waals surface area contributed by atoms with Crippen LogP contribution in [-0.2, 0) is 16.2 Å². The fourth-order valence-electron chi connectivity index (χ4n) is 5.88. The van der Waals surface area contributed by atoms with Crippen LogP contribution in [0.5, 0.6) is 5.75 Å². The average molecular weight is 787 g/mol. The summed E-state index contributed by atoms with van der Waals surface area (Å²) in [7, 11) is 0. The van der Waals surface area contributed by atoms with Crippen LogP contribution in [-0.4, -0.2) is 22.7 Å². The zero-order chi connectivity index (χ0) is 39.4. The van der Waals surface area contributed by atoms with Gasteiger partial charge in [-0.1, -0.05) is 127 Å². The van der Waals surface area contributed by atoms with E-state index in [9.17, 15) is 14.4 Å². The van der Waals surface area contributed by atoms with Gasteiger partial charge < -0.3 is 20.7 Å². The first-order valence-electron chi connectivity index (χ1n) is 18.2. The molecule has 3 N–H and O–H groups in total. The fourth-order valence-corrected chi connectivity index (χ4v) is 7.80. The third-order valence-electron chi connectivity index (χ3n) is 8.73. The smallest absolute Gasteiger partial charge is 0.272 e. The summed E-state index contributed by atoms with van der Waals surface area (Å²) in [5.74, 6) is -0.492. The molecule has 0 saturated heterocycles. The number of aromatic nitrogens is 1. The van der Waals surface area contributed by atoms with Gasteiger partial charge in [-0.05, 0) is 72.2 Å². The Balaban J connectivity index is 1.09. The molecule has 0 bridgehead atoms. The Morgan fingerprint density at radius 1 is 0.737 bits per heavy atom. The molecule has 0 aliphatic carbocycles. The molecule has 1 aromatic heterocycles. The van der Waals surface area contributed by atoms with E-state index < -0.39 is 17.1 Å². The summed E-state index contributed by atoms with van der Waals surface area (Å²) >= 11 is 2.79. The Hall–Kier alpha value is -6.75. The summed E-state index contributed by atoms with van der Waals surface area (Å²) in [5, 5.41) is 8.69. The molecule has 0 saturated carbocycles. The number of ether oxygens (including phenoxy) is 1. The maximum atomic E-state index is 14.0. The molecule has 0 radical (unpaired) electrons. The largest absolute Gasteiger partial charge is 0.489 e. The predicted octanol–water partition coefficient (Wildman–Crippen LogP) is 10.6. The third kappa shape index (κ3) is 10.5. The zero-order valence-electron chi connectivity index (χ0n) is 30.9. The minimum absolute atomic E-state index is 0.0509. The number of anilines is 2. The number of hydrogen-bond acceptors (Lipinski definition) is 7. The van der Waals surface area contributed by atoms with Crippen molar-refractivity contribution in [1.82, 2.24) is 10.3 Å². The molecule has 1 atom stereocenters. The second-order valence-electron chi connectivity index (χ2n) is 12.9. The molecule has 1 unspecified atom stereocenters. The summed E-state index contributed by atoms with van der Waals surface area (Å²) in [4.78, 5) is 47.6. The van der Waals surface area contributed by atoms with Crippen molar-refractivity contribution in [2.75, 3.05) is 10.6 Å². The van der Waals surface area contributed by atoms with E-state index in [0.717, 1.165) is 32.2 Å². The number of nitrogens with one attached hydrogen (secondary N) is 3. The van der Waals surface area contributed by atoms with E-state index in [1.54, 1.807) is 36.4 Å². The van der Waals surface area contributed by atoms with Crippen LogP contribution in [0.2, 0.25) is 0 Å². The van der Waals surface area contributed by atoms with Crippen LogP contribution < -0.4 is 20.7 Å². The highest BCUT2D eigenvalue weighted by atomic mass is 32.2. The number of thioether (sulfide) groups is 1. The molecule has 0 aliphatic rings. The van der Waals surface area contributed by atoms with Gasteiger partial charge in [-0.25, -0.2) is 4.98 Å². The molecule has 6 aromatic carbocycles. The first-order chi connectivity index (χ1) is 27.9. The van der Waals surface area contributed by atoms with Crippen LogP contribution in [0.1, 0.15) is 37.2 Å². The Labute approximate surface area is 339 Å². The fraction of sp³-hybridized carbons (Fsp3) is 0.0638. The standard InChI is InChI=1S/C47H38N4O4S2/c1-32-42(35-17-8-3-9-18-35)50-47(56-32)51-46(54)43(36-19-10-4-11-20-36)57-40-24-14-23-38(30-40)48-45(53)41(49-44(52)37-21-12-5-13-22-37)29-33-25-27-39(28-26-33)55-31-34-15-6-2-7-16-34/h2-30,43H,31H2,1H3,(H,48,53)(H,49,52)(H,50,51,54)/b41-29-. The number of nitrogens with zero attached hydrogens (tertiary/aromatic N) is 1. The van der Waals surface area contributed by atoms with Crippen molar-refractivity contribution < 1.29 is 19.1 Å². The second kappa shape index (κ2) is 18.7. The van der Waals surface area contributed by atoms with E-state index in [2.05, 4.69) is 16.0 Å². The molecule has 7 rings (SSSR count). The minimum Gasteiger partial charge on any atom is -0.489 e. The monoisotopic (exact) mass is 786 g/mol. The van der Waals surface area contributed by atoms with Gasteiger partial charge in [0.05, 0.1) is 5.69 Å². The lowest BCUT2D eigenvalue weighted by Crippen LogP contribution is -2.30. The Morgan fingerprint density at radius 2 is 1.39 bits per heavy atom. The molecule has 57 heavy (non-hydrogen) atoms. The van der Waals surface area contributed by atoms with Crippen LogP contribution in [0.3, 0.4) is 0 Å². The van der Waals surface area contributed by atoms with Crippen LogP contribution in [0.15, 0.2) is 180 Å². The normalized spacial score (nSPS) is 11.6.